The highest BCUT2D eigenvalue weighted by Gasteiger charge is 2.19. The van der Waals surface area contributed by atoms with Gasteiger partial charge in [-0.05, 0) is 54.1 Å². The number of aliphatic imine (C=N–C) groups is 3. The summed E-state index contributed by atoms with van der Waals surface area (Å²) in [6.45, 7) is 0. The Labute approximate surface area is 199 Å². The van der Waals surface area contributed by atoms with E-state index in [2.05, 4.69) is 30.5 Å². The molecule has 0 unspecified atom stereocenters. The molecule has 0 spiro atoms. The minimum absolute atomic E-state index is 0.0739. The third-order valence-electron chi connectivity index (χ3n) is 4.52. The van der Waals surface area contributed by atoms with Crippen molar-refractivity contribution < 1.29 is 9.50 Å². The van der Waals surface area contributed by atoms with Gasteiger partial charge in [0.25, 0.3) is 0 Å². The summed E-state index contributed by atoms with van der Waals surface area (Å²) < 4.78 is 14.6. The van der Waals surface area contributed by atoms with E-state index in [9.17, 15) is 9.50 Å². The lowest BCUT2D eigenvalue weighted by molar-refractivity contribution is 0.475. The van der Waals surface area contributed by atoms with Crippen LogP contribution in [0.25, 0.3) is 0 Å². The van der Waals surface area contributed by atoms with E-state index in [0.717, 1.165) is 5.56 Å². The van der Waals surface area contributed by atoms with Gasteiger partial charge in [-0.15, -0.1) is 0 Å². The molecule has 0 saturated carbocycles. The van der Waals surface area contributed by atoms with Crippen LogP contribution in [0.15, 0.2) is 80.9 Å². The Morgan fingerprint density at radius 3 is 2.55 bits per heavy atom. The maximum Gasteiger partial charge on any atom is 0.167 e. The summed E-state index contributed by atoms with van der Waals surface area (Å²) in [5.74, 6) is 0.586. The zero-order valence-corrected chi connectivity index (χ0v) is 18.6. The SMILES string of the molecule is Oc1ccc(/C=N\NC2=NC(c3c(F)cccc3Cl)=NC(=Nc3ccc(Cl)nc3)CC2)cc1. The number of rotatable bonds is 4. The Hall–Kier alpha value is -3.62. The fourth-order valence-electron chi connectivity index (χ4n) is 2.93. The number of hydrogen-bond acceptors (Lipinski definition) is 6. The number of benzene rings is 2. The van der Waals surface area contributed by atoms with Gasteiger partial charge in [-0.3, -0.25) is 5.43 Å². The van der Waals surface area contributed by atoms with Crippen molar-refractivity contribution >= 4 is 52.6 Å². The maximum absolute atomic E-state index is 14.6. The van der Waals surface area contributed by atoms with Crippen molar-refractivity contribution in [2.45, 2.75) is 12.8 Å². The van der Waals surface area contributed by atoms with Crippen molar-refractivity contribution in [3.8, 4) is 5.75 Å². The molecule has 0 bridgehead atoms. The topological polar surface area (TPSA) is 94.6 Å². The predicted octanol–water partition coefficient (Wildman–Crippen LogP) is 5.53. The Balaban J connectivity index is 1.65. The molecule has 2 heterocycles. The van der Waals surface area contributed by atoms with Gasteiger partial charge in [0, 0.05) is 12.8 Å². The molecule has 4 rings (SSSR count). The van der Waals surface area contributed by atoms with Crippen LogP contribution >= 0.6 is 23.2 Å². The fourth-order valence-corrected chi connectivity index (χ4v) is 3.29. The van der Waals surface area contributed by atoms with Crippen LogP contribution in [0.4, 0.5) is 10.1 Å². The van der Waals surface area contributed by atoms with Gasteiger partial charge in [0.2, 0.25) is 0 Å². The summed E-state index contributed by atoms with van der Waals surface area (Å²) in [7, 11) is 0. The molecule has 0 atom stereocenters. The first kappa shape index (κ1) is 22.6. The van der Waals surface area contributed by atoms with Gasteiger partial charge in [0.05, 0.1) is 28.7 Å². The second kappa shape index (κ2) is 10.3. The van der Waals surface area contributed by atoms with E-state index in [1.54, 1.807) is 48.7 Å². The number of hydrazone groups is 1. The molecule has 166 valence electrons. The maximum atomic E-state index is 14.6. The van der Waals surface area contributed by atoms with E-state index in [4.69, 9.17) is 23.2 Å². The number of hydrogen-bond donors (Lipinski definition) is 2. The molecule has 1 aliphatic heterocycles. The Morgan fingerprint density at radius 2 is 1.82 bits per heavy atom. The van der Waals surface area contributed by atoms with Crippen LogP contribution in [0.5, 0.6) is 5.75 Å². The van der Waals surface area contributed by atoms with Gasteiger partial charge in [-0.2, -0.15) is 5.10 Å². The summed E-state index contributed by atoms with van der Waals surface area (Å²) in [5, 5.41) is 14.1. The summed E-state index contributed by atoms with van der Waals surface area (Å²) in [6.07, 6.45) is 3.94. The van der Waals surface area contributed by atoms with Crippen LogP contribution < -0.4 is 5.43 Å². The zero-order chi connectivity index (χ0) is 23.2. The molecule has 1 aromatic heterocycles. The van der Waals surface area contributed by atoms with E-state index < -0.39 is 5.82 Å². The second-order valence-electron chi connectivity index (χ2n) is 6.92. The molecule has 0 radical (unpaired) electrons. The van der Waals surface area contributed by atoms with E-state index in [1.165, 1.54) is 18.3 Å². The molecule has 33 heavy (non-hydrogen) atoms. The van der Waals surface area contributed by atoms with Crippen molar-refractivity contribution in [2.75, 3.05) is 0 Å². The third kappa shape index (κ3) is 6.00. The lowest BCUT2D eigenvalue weighted by Gasteiger charge is -2.06. The molecule has 0 fully saturated rings. The van der Waals surface area contributed by atoms with Gasteiger partial charge in [0.15, 0.2) is 5.84 Å². The molecule has 0 saturated heterocycles. The quantitative estimate of drug-likeness (QED) is 0.291. The average molecular weight is 483 g/mol. The first-order valence-corrected chi connectivity index (χ1v) is 10.6. The Kier molecular flexibility index (Phi) is 7.07. The summed E-state index contributed by atoms with van der Waals surface area (Å²) in [5.41, 5.74) is 4.29. The highest BCUT2D eigenvalue weighted by molar-refractivity contribution is 6.35. The van der Waals surface area contributed by atoms with Crippen LogP contribution in [0, 0.1) is 5.82 Å². The number of aromatic nitrogens is 1. The van der Waals surface area contributed by atoms with Crippen LogP contribution in [-0.2, 0) is 0 Å². The second-order valence-corrected chi connectivity index (χ2v) is 7.71. The van der Waals surface area contributed by atoms with E-state index >= 15 is 0 Å². The monoisotopic (exact) mass is 482 g/mol. The highest BCUT2D eigenvalue weighted by atomic mass is 35.5. The summed E-state index contributed by atoms with van der Waals surface area (Å²) in [4.78, 5) is 17.5. The number of pyridine rings is 1. The van der Waals surface area contributed by atoms with Crippen LogP contribution in [0.2, 0.25) is 10.2 Å². The lowest BCUT2D eigenvalue weighted by Crippen LogP contribution is -2.19. The Morgan fingerprint density at radius 1 is 1.00 bits per heavy atom. The largest absolute Gasteiger partial charge is 0.508 e. The molecule has 7 nitrogen and oxygen atoms in total. The van der Waals surface area contributed by atoms with Gasteiger partial charge >= 0.3 is 0 Å². The van der Waals surface area contributed by atoms with E-state index in [1.807, 2.05) is 0 Å². The minimum atomic E-state index is -0.550. The Bertz CT molecular complexity index is 1250. The number of phenolic OH excluding ortho intramolecular Hbond substituents is 1. The molecular formula is C23H17Cl2FN6O. The third-order valence-corrected chi connectivity index (χ3v) is 5.06. The molecule has 2 N–H and O–H groups in total. The van der Waals surface area contributed by atoms with Gasteiger partial charge in [-0.1, -0.05) is 29.3 Å². The average Bonchev–Trinajstić information content (AvgIpc) is 2.99. The van der Waals surface area contributed by atoms with Crippen LogP contribution in [0.1, 0.15) is 24.0 Å². The molecule has 1 aliphatic rings. The van der Waals surface area contributed by atoms with Crippen molar-refractivity contribution in [3.63, 3.8) is 0 Å². The predicted molar refractivity (Wildman–Crippen MR) is 130 cm³/mol. The van der Waals surface area contributed by atoms with E-state index in [0.29, 0.717) is 35.4 Å². The zero-order valence-electron chi connectivity index (χ0n) is 17.1. The van der Waals surface area contributed by atoms with Gasteiger partial charge in [0.1, 0.15) is 28.4 Å². The molecule has 2 aromatic carbocycles. The molecule has 3 aromatic rings. The number of halogens is 3. The number of amidine groups is 3. The van der Waals surface area contributed by atoms with Crippen LogP contribution in [-0.4, -0.2) is 33.8 Å². The minimum Gasteiger partial charge on any atom is -0.508 e. The van der Waals surface area contributed by atoms with Crippen molar-refractivity contribution in [3.05, 3.63) is 87.9 Å². The number of phenols is 1. The number of nitrogens with one attached hydrogen (secondary N) is 1. The molecular weight excluding hydrogens is 466 g/mol. The molecule has 10 heteroatoms. The highest BCUT2D eigenvalue weighted by Crippen LogP contribution is 2.23. The first-order chi connectivity index (χ1) is 16.0. The summed E-state index contributed by atoms with van der Waals surface area (Å²) >= 11 is 12.1. The van der Waals surface area contributed by atoms with E-state index in [-0.39, 0.29) is 22.2 Å². The van der Waals surface area contributed by atoms with Crippen LogP contribution in [0.3, 0.4) is 0 Å². The smallest absolute Gasteiger partial charge is 0.167 e. The number of nitrogens with zero attached hydrogens (tertiary/aromatic N) is 5. The number of aromatic hydroxyl groups is 1. The normalized spacial score (nSPS) is 15.3. The standard InChI is InChI=1S/C23H17Cl2FN6O/c24-17-2-1-3-18(26)22(17)23-30-20(29-15-6-9-19(25)27-13-15)10-11-21(31-23)32-28-12-14-4-7-16(33)8-5-14/h1-9,12-13,33H,10-11H2,(H,29,30,31,32)/b28-12-. The first-order valence-electron chi connectivity index (χ1n) is 9.86. The van der Waals surface area contributed by atoms with Crippen molar-refractivity contribution in [1.29, 1.82) is 0 Å². The molecule has 0 aliphatic carbocycles. The molecule has 0 amide bonds. The fraction of sp³-hybridized carbons (Fsp3) is 0.0870. The van der Waals surface area contributed by atoms with Gasteiger partial charge < -0.3 is 5.11 Å². The lowest BCUT2D eigenvalue weighted by atomic mass is 10.2. The van der Waals surface area contributed by atoms with Crippen molar-refractivity contribution in [1.82, 2.24) is 10.4 Å². The summed E-state index contributed by atoms with van der Waals surface area (Å²) in [6, 6.07) is 14.3. The van der Waals surface area contributed by atoms with Crippen molar-refractivity contribution in [2.24, 2.45) is 20.1 Å². The van der Waals surface area contributed by atoms with Gasteiger partial charge in [-0.25, -0.2) is 24.4 Å².